The normalized spacial score (nSPS) is 10.7. The van der Waals surface area contributed by atoms with Gasteiger partial charge in [-0.1, -0.05) is 17.8 Å². The number of carbonyl (C=O) groups excluding carboxylic acids is 1. The first kappa shape index (κ1) is 18.0. The number of aryl methyl sites for hydroxylation is 2. The third-order valence-electron chi connectivity index (χ3n) is 3.67. The van der Waals surface area contributed by atoms with Gasteiger partial charge in [-0.25, -0.2) is 4.98 Å². The average Bonchev–Trinajstić information content (AvgIpc) is 3.11. The van der Waals surface area contributed by atoms with Gasteiger partial charge in [-0.2, -0.15) is 0 Å². The number of amides is 1. The molecule has 0 spiro atoms. The van der Waals surface area contributed by atoms with E-state index in [0.29, 0.717) is 17.3 Å². The lowest BCUT2D eigenvalue weighted by molar-refractivity contribution is -0.118. The van der Waals surface area contributed by atoms with Gasteiger partial charge in [0.25, 0.3) is 5.56 Å². The van der Waals surface area contributed by atoms with Gasteiger partial charge < -0.3 is 9.73 Å². The highest BCUT2D eigenvalue weighted by Crippen LogP contribution is 2.14. The summed E-state index contributed by atoms with van der Waals surface area (Å²) in [5, 5.41) is 3.04. The fourth-order valence-corrected chi connectivity index (χ4v) is 3.30. The molecule has 0 fully saturated rings. The SMILES string of the molecule is Cc1cc(C)cc(-n2ccnc(SCC(=O)NCc3ccco3)c2=O)c1. The summed E-state index contributed by atoms with van der Waals surface area (Å²) in [4.78, 5) is 28.8. The molecule has 0 radical (unpaired) electrons. The van der Waals surface area contributed by atoms with Gasteiger partial charge in [0.15, 0.2) is 5.03 Å². The van der Waals surface area contributed by atoms with E-state index >= 15 is 0 Å². The highest BCUT2D eigenvalue weighted by molar-refractivity contribution is 7.99. The Bertz CT molecular complexity index is 944. The van der Waals surface area contributed by atoms with Crippen molar-refractivity contribution in [3.63, 3.8) is 0 Å². The summed E-state index contributed by atoms with van der Waals surface area (Å²) in [7, 11) is 0. The Morgan fingerprint density at radius 1 is 1.27 bits per heavy atom. The molecule has 0 unspecified atom stereocenters. The quantitative estimate of drug-likeness (QED) is 0.676. The second kappa shape index (κ2) is 8.05. The molecule has 26 heavy (non-hydrogen) atoms. The van der Waals surface area contributed by atoms with Crippen molar-refractivity contribution >= 4 is 17.7 Å². The molecule has 7 heteroatoms. The zero-order valence-electron chi connectivity index (χ0n) is 14.6. The summed E-state index contributed by atoms with van der Waals surface area (Å²) >= 11 is 1.12. The number of carbonyl (C=O) groups is 1. The molecule has 0 aliphatic heterocycles. The number of thioether (sulfide) groups is 1. The lowest BCUT2D eigenvalue weighted by Crippen LogP contribution is -2.26. The van der Waals surface area contributed by atoms with Crippen LogP contribution in [0.3, 0.4) is 0 Å². The zero-order valence-corrected chi connectivity index (χ0v) is 15.4. The number of hydrogen-bond donors (Lipinski definition) is 1. The molecule has 0 saturated carbocycles. The second-order valence-corrected chi connectivity index (χ2v) is 6.86. The van der Waals surface area contributed by atoms with Crippen LogP contribution in [-0.4, -0.2) is 21.2 Å². The van der Waals surface area contributed by atoms with Gasteiger partial charge in [-0.3, -0.25) is 14.2 Å². The molecule has 1 N–H and O–H groups in total. The van der Waals surface area contributed by atoms with E-state index < -0.39 is 0 Å². The molecule has 134 valence electrons. The second-order valence-electron chi connectivity index (χ2n) is 5.90. The standard InChI is InChI=1S/C19H19N3O3S/c1-13-8-14(2)10-15(9-13)22-6-5-20-18(19(22)24)26-12-17(23)21-11-16-4-3-7-25-16/h3-10H,11-12H2,1-2H3,(H,21,23). The van der Waals surface area contributed by atoms with Crippen LogP contribution in [0.4, 0.5) is 0 Å². The summed E-state index contributed by atoms with van der Waals surface area (Å²) in [5.74, 6) is 0.604. The minimum atomic E-state index is -0.235. The summed E-state index contributed by atoms with van der Waals surface area (Å²) in [6, 6.07) is 9.49. The van der Waals surface area contributed by atoms with E-state index in [0.717, 1.165) is 28.6 Å². The van der Waals surface area contributed by atoms with Crippen LogP contribution in [-0.2, 0) is 11.3 Å². The molecule has 0 aliphatic carbocycles. The number of furan rings is 1. The summed E-state index contributed by atoms with van der Waals surface area (Å²) in [5.41, 5.74) is 2.71. The van der Waals surface area contributed by atoms with Crippen LogP contribution in [0.15, 0.2) is 63.2 Å². The van der Waals surface area contributed by atoms with Crippen LogP contribution in [0.25, 0.3) is 5.69 Å². The van der Waals surface area contributed by atoms with Crippen molar-refractivity contribution in [2.24, 2.45) is 0 Å². The number of nitrogens with zero attached hydrogens (tertiary/aromatic N) is 2. The Balaban J connectivity index is 1.69. The number of aromatic nitrogens is 2. The van der Waals surface area contributed by atoms with E-state index in [4.69, 9.17) is 4.42 Å². The fraction of sp³-hybridized carbons (Fsp3) is 0.211. The van der Waals surface area contributed by atoms with Crippen LogP contribution in [0.1, 0.15) is 16.9 Å². The first-order chi connectivity index (χ1) is 12.5. The van der Waals surface area contributed by atoms with E-state index in [1.165, 1.54) is 0 Å². The Kier molecular flexibility index (Phi) is 5.58. The molecule has 0 atom stereocenters. The van der Waals surface area contributed by atoms with E-state index in [1.54, 1.807) is 35.4 Å². The highest BCUT2D eigenvalue weighted by Gasteiger charge is 2.11. The van der Waals surface area contributed by atoms with Crippen LogP contribution in [0.5, 0.6) is 0 Å². The van der Waals surface area contributed by atoms with Gasteiger partial charge >= 0.3 is 0 Å². The maximum Gasteiger partial charge on any atom is 0.287 e. The lowest BCUT2D eigenvalue weighted by Gasteiger charge is -2.09. The van der Waals surface area contributed by atoms with E-state index in [2.05, 4.69) is 16.4 Å². The third-order valence-corrected chi connectivity index (χ3v) is 4.63. The first-order valence-electron chi connectivity index (χ1n) is 8.11. The number of benzene rings is 1. The van der Waals surface area contributed by atoms with Gasteiger partial charge in [-0.15, -0.1) is 0 Å². The number of rotatable bonds is 6. The van der Waals surface area contributed by atoms with Crippen molar-refractivity contribution < 1.29 is 9.21 Å². The van der Waals surface area contributed by atoms with Crippen molar-refractivity contribution in [1.29, 1.82) is 0 Å². The molecule has 1 aromatic carbocycles. The van der Waals surface area contributed by atoms with Crippen molar-refractivity contribution in [3.8, 4) is 5.69 Å². The van der Waals surface area contributed by atoms with Crippen molar-refractivity contribution in [1.82, 2.24) is 14.9 Å². The maximum absolute atomic E-state index is 12.7. The Morgan fingerprint density at radius 2 is 2.04 bits per heavy atom. The van der Waals surface area contributed by atoms with Gasteiger partial charge in [0.1, 0.15) is 5.76 Å². The fourth-order valence-electron chi connectivity index (χ4n) is 2.57. The molecule has 0 saturated heterocycles. The predicted molar refractivity (Wildman–Crippen MR) is 101 cm³/mol. The van der Waals surface area contributed by atoms with E-state index in [1.807, 2.05) is 26.0 Å². The Morgan fingerprint density at radius 3 is 2.73 bits per heavy atom. The minimum absolute atomic E-state index is 0.111. The summed E-state index contributed by atoms with van der Waals surface area (Å²) < 4.78 is 6.71. The Labute approximate surface area is 155 Å². The molecular weight excluding hydrogens is 350 g/mol. The largest absolute Gasteiger partial charge is 0.467 e. The minimum Gasteiger partial charge on any atom is -0.467 e. The molecule has 2 aromatic heterocycles. The summed E-state index contributed by atoms with van der Waals surface area (Å²) in [6.45, 7) is 4.30. The molecular formula is C19H19N3O3S. The van der Waals surface area contributed by atoms with Gasteiger partial charge in [0.05, 0.1) is 18.6 Å². The van der Waals surface area contributed by atoms with Gasteiger partial charge in [0.2, 0.25) is 5.91 Å². The lowest BCUT2D eigenvalue weighted by atomic mass is 10.1. The van der Waals surface area contributed by atoms with Gasteiger partial charge in [0, 0.05) is 18.1 Å². The van der Waals surface area contributed by atoms with Gasteiger partial charge in [-0.05, 0) is 49.2 Å². The predicted octanol–water partition coefficient (Wildman–Crippen LogP) is 2.85. The van der Waals surface area contributed by atoms with Crippen LogP contribution in [0.2, 0.25) is 0 Å². The average molecular weight is 369 g/mol. The first-order valence-corrected chi connectivity index (χ1v) is 9.10. The van der Waals surface area contributed by atoms with E-state index in [9.17, 15) is 9.59 Å². The Hall–Kier alpha value is -2.80. The summed E-state index contributed by atoms with van der Waals surface area (Å²) in [6.07, 6.45) is 4.76. The topological polar surface area (TPSA) is 77.1 Å². The monoisotopic (exact) mass is 369 g/mol. The van der Waals surface area contributed by atoms with Crippen LogP contribution < -0.4 is 10.9 Å². The number of nitrogens with one attached hydrogen (secondary N) is 1. The molecule has 6 nitrogen and oxygen atoms in total. The van der Waals surface area contributed by atoms with Crippen LogP contribution in [0, 0.1) is 13.8 Å². The molecule has 3 rings (SSSR count). The molecule has 1 amide bonds. The van der Waals surface area contributed by atoms with Crippen molar-refractivity contribution in [2.75, 3.05) is 5.75 Å². The third kappa shape index (κ3) is 4.43. The van der Waals surface area contributed by atoms with E-state index in [-0.39, 0.29) is 17.2 Å². The number of hydrogen-bond acceptors (Lipinski definition) is 5. The highest BCUT2D eigenvalue weighted by atomic mass is 32.2. The molecule has 0 bridgehead atoms. The smallest absolute Gasteiger partial charge is 0.287 e. The van der Waals surface area contributed by atoms with Crippen molar-refractivity contribution in [2.45, 2.75) is 25.4 Å². The molecule has 3 aromatic rings. The zero-order chi connectivity index (χ0) is 18.5. The van der Waals surface area contributed by atoms with Crippen LogP contribution >= 0.6 is 11.8 Å². The maximum atomic E-state index is 12.7. The van der Waals surface area contributed by atoms with Crippen molar-refractivity contribution in [3.05, 3.63) is 76.2 Å². The molecule has 0 aliphatic rings. The molecule has 2 heterocycles.